The third kappa shape index (κ3) is 3.37. The van der Waals surface area contributed by atoms with Gasteiger partial charge in [0.15, 0.2) is 0 Å². The molecule has 0 bridgehead atoms. The highest BCUT2D eigenvalue weighted by atomic mass is 16.2. The highest BCUT2D eigenvalue weighted by Gasteiger charge is 2.13. The zero-order valence-electron chi connectivity index (χ0n) is 13.9. The maximum Gasteiger partial charge on any atom is 0.245 e. The number of amides is 1. The molecule has 0 unspecified atom stereocenters. The molecule has 0 fully saturated rings. The molecule has 0 spiro atoms. The Morgan fingerprint density at radius 2 is 2.04 bits per heavy atom. The number of benzene rings is 1. The molecule has 0 saturated carbocycles. The van der Waals surface area contributed by atoms with Crippen molar-refractivity contribution in [2.45, 2.75) is 33.4 Å². The Labute approximate surface area is 141 Å². The summed E-state index contributed by atoms with van der Waals surface area (Å²) >= 11 is 0. The van der Waals surface area contributed by atoms with Crippen LogP contribution in [0.1, 0.15) is 18.9 Å². The standard InChI is InChI=1S/C18H21N5O/c1-3-10-23-17(14(2)12-20-23)21-16(24)13-22-11-9-19-18(22)15-7-5-4-6-8-15/h4-9,11-12H,3,10,13H2,1-2H3,(H,21,24). The van der Waals surface area contributed by atoms with Crippen molar-refractivity contribution >= 4 is 11.7 Å². The number of carbonyl (C=O) groups excluding carboxylic acids is 1. The molecule has 6 nitrogen and oxygen atoms in total. The maximum absolute atomic E-state index is 12.5. The predicted octanol–water partition coefficient (Wildman–Crippen LogP) is 3.10. The minimum atomic E-state index is -0.0915. The summed E-state index contributed by atoms with van der Waals surface area (Å²) in [5, 5.41) is 7.28. The first-order valence-corrected chi connectivity index (χ1v) is 8.08. The topological polar surface area (TPSA) is 64.7 Å². The summed E-state index contributed by atoms with van der Waals surface area (Å²) in [6.45, 7) is 5.02. The van der Waals surface area contributed by atoms with E-state index in [9.17, 15) is 4.79 Å². The lowest BCUT2D eigenvalue weighted by atomic mass is 10.2. The summed E-state index contributed by atoms with van der Waals surface area (Å²) < 4.78 is 3.68. The van der Waals surface area contributed by atoms with Gasteiger partial charge in [-0.3, -0.25) is 4.79 Å². The number of aryl methyl sites for hydroxylation is 2. The maximum atomic E-state index is 12.5. The third-order valence-corrected chi connectivity index (χ3v) is 3.78. The molecule has 3 aromatic rings. The summed E-state index contributed by atoms with van der Waals surface area (Å²) in [5.74, 6) is 1.46. The van der Waals surface area contributed by atoms with Crippen molar-refractivity contribution in [1.82, 2.24) is 19.3 Å². The highest BCUT2D eigenvalue weighted by Crippen LogP contribution is 2.18. The second-order valence-electron chi connectivity index (χ2n) is 5.69. The lowest BCUT2D eigenvalue weighted by Gasteiger charge is -2.11. The lowest BCUT2D eigenvalue weighted by molar-refractivity contribution is -0.116. The van der Waals surface area contributed by atoms with E-state index in [0.29, 0.717) is 0 Å². The summed E-state index contributed by atoms with van der Waals surface area (Å²) in [5.41, 5.74) is 1.95. The number of nitrogens with zero attached hydrogens (tertiary/aromatic N) is 4. The van der Waals surface area contributed by atoms with Crippen LogP contribution in [0.4, 0.5) is 5.82 Å². The minimum absolute atomic E-state index is 0.0915. The molecule has 1 amide bonds. The predicted molar refractivity (Wildman–Crippen MR) is 93.5 cm³/mol. The van der Waals surface area contributed by atoms with E-state index in [2.05, 4.69) is 22.3 Å². The van der Waals surface area contributed by atoms with Crippen molar-refractivity contribution in [2.75, 3.05) is 5.32 Å². The third-order valence-electron chi connectivity index (χ3n) is 3.78. The molecule has 2 heterocycles. The van der Waals surface area contributed by atoms with E-state index in [4.69, 9.17) is 0 Å². The molecule has 3 rings (SSSR count). The monoisotopic (exact) mass is 323 g/mol. The van der Waals surface area contributed by atoms with Crippen LogP contribution in [0.5, 0.6) is 0 Å². The van der Waals surface area contributed by atoms with Crippen LogP contribution < -0.4 is 5.32 Å². The van der Waals surface area contributed by atoms with Gasteiger partial charge in [0.2, 0.25) is 5.91 Å². The Kier molecular flexibility index (Phi) is 4.74. The first-order chi connectivity index (χ1) is 11.7. The second-order valence-corrected chi connectivity index (χ2v) is 5.69. The van der Waals surface area contributed by atoms with Crippen molar-refractivity contribution < 1.29 is 4.79 Å². The summed E-state index contributed by atoms with van der Waals surface area (Å²) in [6.07, 6.45) is 6.27. The van der Waals surface area contributed by atoms with Crippen LogP contribution in [0.3, 0.4) is 0 Å². The number of anilines is 1. The largest absolute Gasteiger partial charge is 0.322 e. The van der Waals surface area contributed by atoms with Crippen molar-refractivity contribution in [3.63, 3.8) is 0 Å². The average Bonchev–Trinajstić information content (AvgIpc) is 3.17. The van der Waals surface area contributed by atoms with E-state index in [1.54, 1.807) is 12.4 Å². The van der Waals surface area contributed by atoms with E-state index < -0.39 is 0 Å². The molecule has 2 aromatic heterocycles. The molecule has 0 aliphatic carbocycles. The Morgan fingerprint density at radius 1 is 1.25 bits per heavy atom. The Morgan fingerprint density at radius 3 is 2.79 bits per heavy atom. The molecule has 0 radical (unpaired) electrons. The highest BCUT2D eigenvalue weighted by molar-refractivity contribution is 5.90. The molecule has 0 atom stereocenters. The Hall–Kier alpha value is -2.89. The average molecular weight is 323 g/mol. The van der Waals surface area contributed by atoms with Crippen molar-refractivity contribution in [1.29, 1.82) is 0 Å². The second kappa shape index (κ2) is 7.12. The van der Waals surface area contributed by atoms with Gasteiger partial charge in [-0.15, -0.1) is 0 Å². The van der Waals surface area contributed by atoms with Gasteiger partial charge >= 0.3 is 0 Å². The number of imidazole rings is 1. The fourth-order valence-electron chi connectivity index (χ4n) is 2.63. The van der Waals surface area contributed by atoms with Gasteiger partial charge in [0.25, 0.3) is 0 Å². The van der Waals surface area contributed by atoms with Crippen LogP contribution in [-0.2, 0) is 17.9 Å². The molecule has 0 aliphatic heterocycles. The van der Waals surface area contributed by atoms with Gasteiger partial charge in [0, 0.05) is 30.1 Å². The van der Waals surface area contributed by atoms with Crippen LogP contribution in [0, 0.1) is 6.92 Å². The lowest BCUT2D eigenvalue weighted by Crippen LogP contribution is -2.21. The molecule has 0 saturated heterocycles. The molecule has 1 N–H and O–H groups in total. The minimum Gasteiger partial charge on any atom is -0.322 e. The number of hydrogen-bond acceptors (Lipinski definition) is 3. The summed E-state index contributed by atoms with van der Waals surface area (Å²) in [7, 11) is 0. The van der Waals surface area contributed by atoms with Crippen LogP contribution >= 0.6 is 0 Å². The Balaban J connectivity index is 1.75. The smallest absolute Gasteiger partial charge is 0.245 e. The van der Waals surface area contributed by atoms with Crippen LogP contribution in [0.25, 0.3) is 11.4 Å². The molecule has 0 aliphatic rings. The fourth-order valence-corrected chi connectivity index (χ4v) is 2.63. The zero-order valence-corrected chi connectivity index (χ0v) is 13.9. The molecular formula is C18H21N5O. The SMILES string of the molecule is CCCn1ncc(C)c1NC(=O)Cn1ccnc1-c1ccccc1. The zero-order chi connectivity index (χ0) is 16.9. The first-order valence-electron chi connectivity index (χ1n) is 8.08. The van der Waals surface area contributed by atoms with E-state index in [1.165, 1.54) is 0 Å². The molecule has 24 heavy (non-hydrogen) atoms. The van der Waals surface area contributed by atoms with E-state index in [0.717, 1.165) is 35.7 Å². The van der Waals surface area contributed by atoms with Crippen LogP contribution in [0.2, 0.25) is 0 Å². The number of hydrogen-bond donors (Lipinski definition) is 1. The fraction of sp³-hybridized carbons (Fsp3) is 0.278. The van der Waals surface area contributed by atoms with Crippen molar-refractivity contribution in [3.8, 4) is 11.4 Å². The molecule has 1 aromatic carbocycles. The van der Waals surface area contributed by atoms with Gasteiger partial charge in [-0.05, 0) is 13.3 Å². The summed E-state index contributed by atoms with van der Waals surface area (Å²) in [6, 6.07) is 9.84. The number of rotatable bonds is 6. The van der Waals surface area contributed by atoms with E-state index >= 15 is 0 Å². The normalized spacial score (nSPS) is 10.8. The Bertz CT molecular complexity index is 819. The van der Waals surface area contributed by atoms with Gasteiger partial charge < -0.3 is 9.88 Å². The van der Waals surface area contributed by atoms with Gasteiger partial charge in [0.1, 0.15) is 18.2 Å². The van der Waals surface area contributed by atoms with Crippen molar-refractivity contribution in [2.24, 2.45) is 0 Å². The van der Waals surface area contributed by atoms with Gasteiger partial charge in [-0.25, -0.2) is 9.67 Å². The van der Waals surface area contributed by atoms with Gasteiger partial charge in [-0.2, -0.15) is 5.10 Å². The summed E-state index contributed by atoms with van der Waals surface area (Å²) in [4.78, 5) is 16.8. The number of carbonyl (C=O) groups is 1. The number of nitrogens with one attached hydrogen (secondary N) is 1. The first kappa shape index (κ1) is 16.0. The number of aromatic nitrogens is 4. The molecular weight excluding hydrogens is 302 g/mol. The molecule has 124 valence electrons. The van der Waals surface area contributed by atoms with Gasteiger partial charge in [0.05, 0.1) is 6.20 Å². The van der Waals surface area contributed by atoms with Crippen molar-refractivity contribution in [3.05, 3.63) is 54.5 Å². The van der Waals surface area contributed by atoms with Crippen LogP contribution in [-0.4, -0.2) is 25.2 Å². The van der Waals surface area contributed by atoms with Gasteiger partial charge in [-0.1, -0.05) is 37.3 Å². The quantitative estimate of drug-likeness (QED) is 0.758. The van der Waals surface area contributed by atoms with Crippen LogP contribution in [0.15, 0.2) is 48.9 Å². The van der Waals surface area contributed by atoms with E-state index in [1.807, 2.05) is 52.7 Å². The van der Waals surface area contributed by atoms with E-state index in [-0.39, 0.29) is 12.5 Å². The molecule has 6 heteroatoms.